The summed E-state index contributed by atoms with van der Waals surface area (Å²) in [5, 5.41) is 26.1. The molecule has 5 nitrogen and oxygen atoms in total. The molecule has 0 spiro atoms. The van der Waals surface area contributed by atoms with E-state index in [0.717, 1.165) is 36.8 Å². The normalized spacial score (nSPS) is 26.5. The lowest BCUT2D eigenvalue weighted by molar-refractivity contribution is -0.160. The molecule has 6 rings (SSSR count). The molecule has 0 saturated heterocycles. The van der Waals surface area contributed by atoms with Crippen LogP contribution in [0.3, 0.4) is 0 Å². The molecule has 29 heavy (non-hydrogen) atoms. The highest BCUT2D eigenvalue weighted by Gasteiger charge is 2.58. The van der Waals surface area contributed by atoms with Crippen LogP contribution in [0.5, 0.6) is 5.75 Å². The van der Waals surface area contributed by atoms with Gasteiger partial charge in [-0.2, -0.15) is 18.3 Å². The zero-order valence-electron chi connectivity index (χ0n) is 15.8. The Labute approximate surface area is 164 Å². The van der Waals surface area contributed by atoms with E-state index in [1.54, 1.807) is 6.07 Å². The number of nitrogens with zero attached hydrogens (tertiary/aromatic N) is 3. The highest BCUT2D eigenvalue weighted by atomic mass is 19.4. The van der Waals surface area contributed by atoms with Crippen LogP contribution in [0.2, 0.25) is 0 Å². The van der Waals surface area contributed by atoms with Crippen LogP contribution in [0.4, 0.5) is 13.2 Å². The van der Waals surface area contributed by atoms with Crippen LogP contribution in [-0.4, -0.2) is 30.6 Å². The molecule has 3 aliphatic carbocycles. The summed E-state index contributed by atoms with van der Waals surface area (Å²) in [5.74, 6) is -0.460. The molecule has 0 aliphatic heterocycles. The monoisotopic (exact) mass is 403 g/mol. The first-order valence-corrected chi connectivity index (χ1v) is 9.59. The molecule has 2 bridgehead atoms. The van der Waals surface area contributed by atoms with Crippen LogP contribution in [-0.2, 0) is 11.7 Å². The van der Waals surface area contributed by atoms with Gasteiger partial charge in [-0.3, -0.25) is 4.68 Å². The van der Waals surface area contributed by atoms with Crippen molar-refractivity contribution in [2.24, 2.45) is 0 Å². The Hall–Kier alpha value is -2.61. The predicted molar refractivity (Wildman–Crippen MR) is 100 cm³/mol. The third-order valence-corrected chi connectivity index (χ3v) is 6.35. The second-order valence-electron chi connectivity index (χ2n) is 8.52. The van der Waals surface area contributed by atoms with Crippen molar-refractivity contribution in [3.8, 4) is 17.0 Å². The summed E-state index contributed by atoms with van der Waals surface area (Å²) >= 11 is 0. The quantitative estimate of drug-likeness (QED) is 0.659. The van der Waals surface area contributed by atoms with E-state index in [2.05, 4.69) is 10.1 Å². The first kappa shape index (κ1) is 18.4. The summed E-state index contributed by atoms with van der Waals surface area (Å²) in [6.45, 7) is 1.52. The van der Waals surface area contributed by atoms with Crippen molar-refractivity contribution in [2.75, 3.05) is 0 Å². The van der Waals surface area contributed by atoms with Crippen molar-refractivity contribution in [1.82, 2.24) is 14.8 Å². The van der Waals surface area contributed by atoms with Gasteiger partial charge < -0.3 is 10.2 Å². The Kier molecular flexibility index (Phi) is 3.63. The summed E-state index contributed by atoms with van der Waals surface area (Å²) in [4.78, 5) is 4.50. The van der Waals surface area contributed by atoms with E-state index in [1.807, 2.05) is 16.9 Å². The number of aliphatic hydroxyl groups is 1. The SMILES string of the molecule is Cc1cc(C(F)(F)F)cc(O)c1-c1ccc2cn(C34CCCC(O)(C3)C4)nc2n1. The molecule has 1 aromatic carbocycles. The minimum atomic E-state index is -4.53. The average molecular weight is 403 g/mol. The summed E-state index contributed by atoms with van der Waals surface area (Å²) in [6.07, 6.45) is 1.47. The van der Waals surface area contributed by atoms with E-state index >= 15 is 0 Å². The van der Waals surface area contributed by atoms with Crippen LogP contribution in [0.25, 0.3) is 22.3 Å². The molecule has 2 aromatic heterocycles. The minimum Gasteiger partial charge on any atom is -0.507 e. The Balaban J connectivity index is 1.55. The number of alkyl halides is 3. The first-order chi connectivity index (χ1) is 13.6. The number of aryl methyl sites for hydroxylation is 1. The fraction of sp³-hybridized carbons (Fsp3) is 0.429. The number of pyridine rings is 1. The van der Waals surface area contributed by atoms with Gasteiger partial charge in [0.25, 0.3) is 0 Å². The number of rotatable bonds is 2. The first-order valence-electron chi connectivity index (χ1n) is 9.59. The molecular weight excluding hydrogens is 383 g/mol. The lowest BCUT2D eigenvalue weighted by Gasteiger charge is -2.57. The molecular formula is C21H20F3N3O2. The van der Waals surface area contributed by atoms with Crippen molar-refractivity contribution in [3.63, 3.8) is 0 Å². The molecule has 3 aromatic rings. The standard InChI is InChI=1S/C21H20F3N3O2/c1-12-7-14(21(22,23)24)8-16(28)17(12)15-4-3-13-9-27(26-18(13)25-15)19-5-2-6-20(29,10-19)11-19/h3-4,7-9,28-29H,2,5-6,10-11H2,1H3. The molecule has 2 heterocycles. The van der Waals surface area contributed by atoms with E-state index in [9.17, 15) is 23.4 Å². The van der Waals surface area contributed by atoms with Crippen molar-refractivity contribution in [1.29, 1.82) is 0 Å². The average Bonchev–Trinajstić information content (AvgIpc) is 3.03. The van der Waals surface area contributed by atoms with Crippen LogP contribution in [0.1, 0.15) is 43.2 Å². The summed E-state index contributed by atoms with van der Waals surface area (Å²) in [5.41, 5.74) is -0.259. The third kappa shape index (κ3) is 2.80. The van der Waals surface area contributed by atoms with Crippen LogP contribution >= 0.6 is 0 Å². The number of aromatic hydroxyl groups is 1. The second kappa shape index (κ2) is 5.72. The maximum absolute atomic E-state index is 13.0. The molecule has 0 radical (unpaired) electrons. The number of fused-ring (bicyclic) bond motifs is 3. The van der Waals surface area contributed by atoms with Crippen LogP contribution in [0, 0.1) is 6.92 Å². The van der Waals surface area contributed by atoms with Gasteiger partial charge >= 0.3 is 6.18 Å². The highest BCUT2D eigenvalue weighted by Crippen LogP contribution is 2.56. The number of hydrogen-bond acceptors (Lipinski definition) is 4. The number of hydrogen-bond donors (Lipinski definition) is 2. The summed E-state index contributed by atoms with van der Waals surface area (Å²) in [7, 11) is 0. The van der Waals surface area contributed by atoms with E-state index < -0.39 is 23.1 Å². The molecule has 0 atom stereocenters. The topological polar surface area (TPSA) is 71.2 Å². The lowest BCUT2D eigenvalue weighted by atomic mass is 9.56. The molecule has 0 unspecified atom stereocenters. The number of phenolic OH excluding ortho intramolecular Hbond substituents is 1. The molecule has 3 aliphatic rings. The third-order valence-electron chi connectivity index (χ3n) is 6.35. The smallest absolute Gasteiger partial charge is 0.416 e. The van der Waals surface area contributed by atoms with Gasteiger partial charge in [0.05, 0.1) is 22.4 Å². The molecule has 3 saturated carbocycles. The highest BCUT2D eigenvalue weighted by molar-refractivity contribution is 5.80. The largest absolute Gasteiger partial charge is 0.507 e. The predicted octanol–water partition coefficient (Wildman–Crippen LogP) is 4.54. The molecule has 0 amide bonds. The van der Waals surface area contributed by atoms with Gasteiger partial charge in [-0.05, 0) is 56.0 Å². The lowest BCUT2D eigenvalue weighted by Crippen LogP contribution is -2.61. The molecule has 8 heteroatoms. The maximum atomic E-state index is 13.0. The maximum Gasteiger partial charge on any atom is 0.416 e. The fourth-order valence-corrected chi connectivity index (χ4v) is 5.10. The Morgan fingerprint density at radius 1 is 1.14 bits per heavy atom. The molecule has 152 valence electrons. The molecule has 2 N–H and O–H groups in total. The van der Waals surface area contributed by atoms with Crippen molar-refractivity contribution >= 4 is 11.0 Å². The van der Waals surface area contributed by atoms with Gasteiger partial charge in [-0.1, -0.05) is 0 Å². The van der Waals surface area contributed by atoms with Crippen LogP contribution < -0.4 is 0 Å². The van der Waals surface area contributed by atoms with Gasteiger partial charge in [-0.15, -0.1) is 0 Å². The number of benzene rings is 1. The zero-order chi connectivity index (χ0) is 20.6. The Bertz CT molecular complexity index is 1110. The second-order valence-corrected chi connectivity index (χ2v) is 8.52. The summed E-state index contributed by atoms with van der Waals surface area (Å²) in [6, 6.07) is 5.22. The van der Waals surface area contributed by atoms with Gasteiger partial charge in [0, 0.05) is 30.0 Å². The zero-order valence-corrected chi connectivity index (χ0v) is 15.8. The van der Waals surface area contributed by atoms with Crippen molar-refractivity contribution < 1.29 is 23.4 Å². The van der Waals surface area contributed by atoms with Crippen molar-refractivity contribution in [3.05, 3.63) is 41.6 Å². The minimum absolute atomic E-state index is 0.180. The van der Waals surface area contributed by atoms with Gasteiger partial charge in [0.1, 0.15) is 5.75 Å². The number of halogens is 3. The van der Waals surface area contributed by atoms with Crippen molar-refractivity contribution in [2.45, 2.75) is 56.3 Å². The van der Waals surface area contributed by atoms with E-state index in [-0.39, 0.29) is 11.1 Å². The number of aromatic nitrogens is 3. The fourth-order valence-electron chi connectivity index (χ4n) is 5.10. The Morgan fingerprint density at radius 2 is 1.90 bits per heavy atom. The van der Waals surface area contributed by atoms with E-state index in [4.69, 9.17) is 0 Å². The van der Waals surface area contributed by atoms with Gasteiger partial charge in [0.15, 0.2) is 5.65 Å². The van der Waals surface area contributed by atoms with Gasteiger partial charge in [0.2, 0.25) is 0 Å². The Morgan fingerprint density at radius 3 is 2.55 bits per heavy atom. The van der Waals surface area contributed by atoms with Gasteiger partial charge in [-0.25, -0.2) is 4.98 Å². The van der Waals surface area contributed by atoms with Crippen LogP contribution in [0.15, 0.2) is 30.5 Å². The number of phenols is 1. The molecule has 3 fully saturated rings. The van der Waals surface area contributed by atoms with E-state index in [1.165, 1.54) is 6.92 Å². The summed E-state index contributed by atoms with van der Waals surface area (Å²) < 4.78 is 40.8. The van der Waals surface area contributed by atoms with E-state index in [0.29, 0.717) is 29.7 Å².